The highest BCUT2D eigenvalue weighted by Gasteiger charge is 2.74. The summed E-state index contributed by atoms with van der Waals surface area (Å²) in [5.41, 5.74) is 0.368. The summed E-state index contributed by atoms with van der Waals surface area (Å²) >= 11 is 6.07. The number of fused-ring (bicyclic) bond motifs is 3. The SMILES string of the molecule is CC(C)c1ccc(N2C(=O)[C@@H]3[C@H](c4ccc(Cl)cc4)OC4(C(=O)c5ccccc5C4=O)[C@H]3C2=O)cc1. The molecule has 3 aliphatic rings. The van der Waals surface area contributed by atoms with Crippen LogP contribution in [-0.2, 0) is 14.3 Å². The summed E-state index contributed by atoms with van der Waals surface area (Å²) in [5, 5.41) is 0.490. The monoisotopic (exact) mass is 499 g/mol. The van der Waals surface area contributed by atoms with E-state index in [2.05, 4.69) is 13.8 Å². The van der Waals surface area contributed by atoms with Crippen LogP contribution in [0.25, 0.3) is 0 Å². The fraction of sp³-hybridized carbons (Fsp3) is 0.241. The van der Waals surface area contributed by atoms with Gasteiger partial charge in [0.25, 0.3) is 0 Å². The van der Waals surface area contributed by atoms with E-state index in [1.165, 1.54) is 0 Å². The lowest BCUT2D eigenvalue weighted by Crippen LogP contribution is -2.51. The summed E-state index contributed by atoms with van der Waals surface area (Å²) < 4.78 is 6.27. The lowest BCUT2D eigenvalue weighted by molar-refractivity contribution is -0.127. The second-order valence-electron chi connectivity index (χ2n) is 9.79. The Kier molecular flexibility index (Phi) is 5.04. The van der Waals surface area contributed by atoms with E-state index in [0.29, 0.717) is 16.3 Å². The number of imide groups is 1. The molecule has 3 aromatic carbocycles. The first-order valence-electron chi connectivity index (χ1n) is 11.9. The topological polar surface area (TPSA) is 80.8 Å². The van der Waals surface area contributed by atoms with Crippen molar-refractivity contribution < 1.29 is 23.9 Å². The van der Waals surface area contributed by atoms with E-state index in [4.69, 9.17) is 16.3 Å². The van der Waals surface area contributed by atoms with Gasteiger partial charge in [-0.25, -0.2) is 4.90 Å². The van der Waals surface area contributed by atoms with Crippen molar-refractivity contribution >= 4 is 40.7 Å². The molecule has 0 radical (unpaired) electrons. The molecule has 0 unspecified atom stereocenters. The first kappa shape index (κ1) is 22.8. The quantitative estimate of drug-likeness (QED) is 0.367. The molecular formula is C29H22ClNO5. The van der Waals surface area contributed by atoms with Crippen molar-refractivity contribution in [2.75, 3.05) is 4.90 Å². The Morgan fingerprint density at radius 2 is 1.39 bits per heavy atom. The zero-order valence-electron chi connectivity index (χ0n) is 19.6. The Balaban J connectivity index is 1.51. The number of rotatable bonds is 3. The first-order chi connectivity index (χ1) is 17.3. The van der Waals surface area contributed by atoms with Crippen molar-refractivity contribution in [3.05, 3.63) is 100 Å². The number of carbonyl (C=O) groups excluding carboxylic acids is 4. The van der Waals surface area contributed by atoms with Gasteiger partial charge in [0.15, 0.2) is 0 Å². The maximum atomic E-state index is 14.0. The fourth-order valence-electron chi connectivity index (χ4n) is 5.73. The minimum absolute atomic E-state index is 0.206. The lowest BCUT2D eigenvalue weighted by Gasteiger charge is -2.27. The number of anilines is 1. The molecule has 0 N–H and O–H groups in total. The number of halogens is 1. The molecule has 36 heavy (non-hydrogen) atoms. The number of amides is 2. The fourth-order valence-corrected chi connectivity index (χ4v) is 5.86. The standard InChI is InChI=1S/C29H22ClNO5/c1-15(2)16-9-13-19(14-10-16)31-27(34)22-23(28(31)35)29(36-24(22)17-7-11-18(30)12-8-17)25(32)20-5-3-4-6-21(20)26(29)33/h3-15,22-24H,1-2H3/t22-,23+,24-/m0/s1. The Hall–Kier alpha value is -3.61. The zero-order chi connectivity index (χ0) is 25.4. The van der Waals surface area contributed by atoms with Gasteiger partial charge in [0, 0.05) is 16.1 Å². The summed E-state index contributed by atoms with van der Waals surface area (Å²) in [6.07, 6.45) is -0.967. The van der Waals surface area contributed by atoms with Crippen molar-refractivity contribution in [1.29, 1.82) is 0 Å². The van der Waals surface area contributed by atoms with Gasteiger partial charge in [-0.2, -0.15) is 0 Å². The highest BCUT2D eigenvalue weighted by Crippen LogP contribution is 2.57. The number of benzene rings is 3. The minimum Gasteiger partial charge on any atom is -0.349 e. The van der Waals surface area contributed by atoms with Gasteiger partial charge >= 0.3 is 0 Å². The predicted octanol–water partition coefficient (Wildman–Crippen LogP) is 5.16. The van der Waals surface area contributed by atoms with Crippen LogP contribution in [0.1, 0.15) is 57.7 Å². The van der Waals surface area contributed by atoms with Crippen LogP contribution in [0.3, 0.4) is 0 Å². The van der Waals surface area contributed by atoms with Crippen molar-refractivity contribution in [2.45, 2.75) is 31.5 Å². The average Bonchev–Trinajstić information content (AvgIpc) is 3.44. The lowest BCUT2D eigenvalue weighted by atomic mass is 9.77. The molecule has 0 aromatic heterocycles. The molecule has 2 amide bonds. The number of ether oxygens (including phenoxy) is 1. The number of hydrogen-bond acceptors (Lipinski definition) is 5. The van der Waals surface area contributed by atoms with E-state index in [1.807, 2.05) is 12.1 Å². The molecule has 1 aliphatic carbocycles. The molecule has 2 heterocycles. The third-order valence-electron chi connectivity index (χ3n) is 7.54. The molecule has 0 bridgehead atoms. The number of Topliss-reactive ketones (excluding diaryl/α,β-unsaturated/α-hetero) is 2. The van der Waals surface area contributed by atoms with Crippen LogP contribution in [0.2, 0.25) is 5.02 Å². The van der Waals surface area contributed by atoms with Gasteiger partial charge in [-0.15, -0.1) is 0 Å². The molecule has 0 saturated carbocycles. The van der Waals surface area contributed by atoms with E-state index in [9.17, 15) is 19.2 Å². The maximum absolute atomic E-state index is 14.0. The molecule has 6 nitrogen and oxygen atoms in total. The van der Waals surface area contributed by atoms with Crippen LogP contribution in [-0.4, -0.2) is 29.0 Å². The first-order valence-corrected chi connectivity index (χ1v) is 12.2. The molecule has 7 heteroatoms. The summed E-state index contributed by atoms with van der Waals surface area (Å²) in [6, 6.07) is 20.3. The van der Waals surface area contributed by atoms with Gasteiger partial charge in [0.2, 0.25) is 29.0 Å². The normalized spacial score (nSPS) is 24.2. The number of ketones is 2. The second-order valence-corrected chi connectivity index (χ2v) is 10.2. The molecular weight excluding hydrogens is 478 g/mol. The van der Waals surface area contributed by atoms with Crippen LogP contribution < -0.4 is 4.90 Å². The van der Waals surface area contributed by atoms with Crippen LogP contribution in [0, 0.1) is 11.8 Å². The Labute approximate surface area is 212 Å². The van der Waals surface area contributed by atoms with Gasteiger partial charge in [-0.3, -0.25) is 19.2 Å². The van der Waals surface area contributed by atoms with Crippen molar-refractivity contribution in [1.82, 2.24) is 0 Å². The summed E-state index contributed by atoms with van der Waals surface area (Å²) in [6.45, 7) is 4.11. The van der Waals surface area contributed by atoms with Gasteiger partial charge in [-0.05, 0) is 41.3 Å². The smallest absolute Gasteiger partial charge is 0.241 e. The molecule has 3 atom stereocenters. The second kappa shape index (κ2) is 7.95. The molecule has 1 spiro atoms. The van der Waals surface area contributed by atoms with Crippen LogP contribution in [0.4, 0.5) is 5.69 Å². The van der Waals surface area contributed by atoms with Crippen LogP contribution in [0.15, 0.2) is 72.8 Å². The Bertz CT molecular complexity index is 1410. The molecule has 180 valence electrons. The Morgan fingerprint density at radius 1 is 0.806 bits per heavy atom. The largest absolute Gasteiger partial charge is 0.349 e. The van der Waals surface area contributed by atoms with E-state index in [0.717, 1.165) is 10.5 Å². The number of carbonyl (C=O) groups is 4. The van der Waals surface area contributed by atoms with Gasteiger partial charge in [-0.1, -0.05) is 74.0 Å². The summed E-state index contributed by atoms with van der Waals surface area (Å²) in [4.78, 5) is 56.5. The summed E-state index contributed by atoms with van der Waals surface area (Å²) in [5.74, 6) is -4.28. The highest BCUT2D eigenvalue weighted by molar-refractivity contribution is 6.37. The van der Waals surface area contributed by atoms with E-state index in [1.54, 1.807) is 60.7 Å². The van der Waals surface area contributed by atoms with Gasteiger partial charge in [0.05, 0.1) is 23.6 Å². The molecule has 2 aliphatic heterocycles. The third kappa shape index (κ3) is 2.95. The minimum atomic E-state index is -2.09. The van der Waals surface area contributed by atoms with Crippen molar-refractivity contribution in [3.63, 3.8) is 0 Å². The maximum Gasteiger partial charge on any atom is 0.241 e. The van der Waals surface area contributed by atoms with E-state index < -0.39 is 46.9 Å². The average molecular weight is 500 g/mol. The number of nitrogens with zero attached hydrogens (tertiary/aromatic N) is 1. The van der Waals surface area contributed by atoms with E-state index in [-0.39, 0.29) is 17.0 Å². The van der Waals surface area contributed by atoms with E-state index >= 15 is 0 Å². The van der Waals surface area contributed by atoms with Crippen LogP contribution in [0.5, 0.6) is 0 Å². The van der Waals surface area contributed by atoms with Gasteiger partial charge < -0.3 is 4.74 Å². The molecule has 6 rings (SSSR count). The third-order valence-corrected chi connectivity index (χ3v) is 7.79. The molecule has 3 aromatic rings. The zero-order valence-corrected chi connectivity index (χ0v) is 20.4. The Morgan fingerprint density at radius 3 is 1.94 bits per heavy atom. The predicted molar refractivity (Wildman–Crippen MR) is 133 cm³/mol. The molecule has 2 fully saturated rings. The van der Waals surface area contributed by atoms with Gasteiger partial charge in [0.1, 0.15) is 0 Å². The van der Waals surface area contributed by atoms with Crippen molar-refractivity contribution in [2.24, 2.45) is 11.8 Å². The van der Waals surface area contributed by atoms with Crippen LogP contribution >= 0.6 is 11.6 Å². The highest BCUT2D eigenvalue weighted by atomic mass is 35.5. The van der Waals surface area contributed by atoms with Crippen molar-refractivity contribution in [3.8, 4) is 0 Å². The summed E-state index contributed by atoms with van der Waals surface area (Å²) in [7, 11) is 0. The number of hydrogen-bond donors (Lipinski definition) is 0. The molecule has 2 saturated heterocycles.